The molecule has 0 fully saturated rings. The Hall–Kier alpha value is -2.19. The highest BCUT2D eigenvalue weighted by Gasteiger charge is 2.12. The summed E-state index contributed by atoms with van der Waals surface area (Å²) in [5.41, 5.74) is 0.558. The van der Waals surface area contributed by atoms with Gasteiger partial charge < -0.3 is 10.2 Å². The van der Waals surface area contributed by atoms with E-state index >= 15 is 0 Å². The van der Waals surface area contributed by atoms with Crippen molar-refractivity contribution >= 4 is 28.0 Å². The SMILES string of the molecule is O=C(O)/C=C\c1ccc(S(=O)(=O)NCCCC(=O)O)cc1. The average Bonchev–Trinajstić information content (AvgIpc) is 2.41. The van der Waals surface area contributed by atoms with Gasteiger partial charge in [0.05, 0.1) is 4.90 Å². The van der Waals surface area contributed by atoms with Crippen LogP contribution in [0.25, 0.3) is 6.08 Å². The molecule has 1 aromatic carbocycles. The molecule has 0 heterocycles. The number of carboxylic acid groups (broad SMARTS) is 2. The van der Waals surface area contributed by atoms with E-state index in [1.807, 2.05) is 0 Å². The third-order valence-corrected chi connectivity index (χ3v) is 3.95. The quantitative estimate of drug-likeness (QED) is 0.485. The molecular formula is C13H15NO6S. The van der Waals surface area contributed by atoms with Crippen LogP contribution in [0.3, 0.4) is 0 Å². The van der Waals surface area contributed by atoms with Crippen LogP contribution in [-0.2, 0) is 19.6 Å². The third-order valence-electron chi connectivity index (χ3n) is 2.47. The zero-order valence-corrected chi connectivity index (χ0v) is 11.8. The summed E-state index contributed by atoms with van der Waals surface area (Å²) in [6, 6.07) is 5.65. The van der Waals surface area contributed by atoms with Crippen LogP contribution in [-0.4, -0.2) is 37.1 Å². The first kappa shape index (κ1) is 16.9. The maximum Gasteiger partial charge on any atom is 0.328 e. The Morgan fingerprint density at radius 2 is 1.76 bits per heavy atom. The Labute approximate surface area is 122 Å². The lowest BCUT2D eigenvalue weighted by Gasteiger charge is -2.06. The maximum absolute atomic E-state index is 11.9. The second-order valence-electron chi connectivity index (χ2n) is 4.14. The summed E-state index contributed by atoms with van der Waals surface area (Å²) < 4.78 is 26.1. The lowest BCUT2D eigenvalue weighted by molar-refractivity contribution is -0.137. The molecule has 0 saturated carbocycles. The Balaban J connectivity index is 2.67. The van der Waals surface area contributed by atoms with Crippen LogP contribution in [0.4, 0.5) is 0 Å². The van der Waals surface area contributed by atoms with Gasteiger partial charge >= 0.3 is 11.9 Å². The molecule has 0 saturated heterocycles. The number of sulfonamides is 1. The zero-order valence-electron chi connectivity index (χ0n) is 11.0. The molecule has 114 valence electrons. The van der Waals surface area contributed by atoms with E-state index in [9.17, 15) is 18.0 Å². The Morgan fingerprint density at radius 3 is 2.29 bits per heavy atom. The van der Waals surface area contributed by atoms with Crippen molar-refractivity contribution < 1.29 is 28.2 Å². The molecule has 0 unspecified atom stereocenters. The minimum atomic E-state index is -3.69. The topological polar surface area (TPSA) is 121 Å². The van der Waals surface area contributed by atoms with Gasteiger partial charge in [0.15, 0.2) is 0 Å². The van der Waals surface area contributed by atoms with Gasteiger partial charge in [0, 0.05) is 19.0 Å². The van der Waals surface area contributed by atoms with Crippen molar-refractivity contribution in [2.24, 2.45) is 0 Å². The Bertz CT molecular complexity index is 633. The van der Waals surface area contributed by atoms with E-state index < -0.39 is 22.0 Å². The highest BCUT2D eigenvalue weighted by molar-refractivity contribution is 7.89. The summed E-state index contributed by atoms with van der Waals surface area (Å²) in [7, 11) is -3.69. The summed E-state index contributed by atoms with van der Waals surface area (Å²) >= 11 is 0. The Kier molecular flexibility index (Phi) is 6.07. The summed E-state index contributed by atoms with van der Waals surface area (Å²) in [5, 5.41) is 16.9. The fourth-order valence-electron chi connectivity index (χ4n) is 1.46. The molecule has 0 atom stereocenters. The monoisotopic (exact) mass is 313 g/mol. The molecule has 1 aromatic rings. The van der Waals surface area contributed by atoms with Gasteiger partial charge in [-0.3, -0.25) is 4.79 Å². The van der Waals surface area contributed by atoms with Gasteiger partial charge in [-0.25, -0.2) is 17.9 Å². The molecule has 0 amide bonds. The van der Waals surface area contributed by atoms with Gasteiger partial charge in [0.25, 0.3) is 0 Å². The van der Waals surface area contributed by atoms with Crippen molar-refractivity contribution in [1.29, 1.82) is 0 Å². The number of benzene rings is 1. The van der Waals surface area contributed by atoms with Crippen LogP contribution < -0.4 is 4.72 Å². The molecule has 0 aliphatic rings. The van der Waals surface area contributed by atoms with Crippen molar-refractivity contribution in [2.45, 2.75) is 17.7 Å². The summed E-state index contributed by atoms with van der Waals surface area (Å²) in [5.74, 6) is -2.07. The van der Waals surface area contributed by atoms with Crippen LogP contribution in [0.15, 0.2) is 35.2 Å². The normalized spacial score (nSPS) is 11.6. The molecule has 0 radical (unpaired) electrons. The zero-order chi connectivity index (χ0) is 15.9. The van der Waals surface area contributed by atoms with Gasteiger partial charge in [0.2, 0.25) is 10.0 Å². The van der Waals surface area contributed by atoms with Crippen LogP contribution in [0.5, 0.6) is 0 Å². The minimum absolute atomic E-state index is 0.0327. The van der Waals surface area contributed by atoms with Crippen molar-refractivity contribution in [3.05, 3.63) is 35.9 Å². The second-order valence-corrected chi connectivity index (χ2v) is 5.90. The largest absolute Gasteiger partial charge is 0.481 e. The third kappa shape index (κ3) is 6.19. The van der Waals surface area contributed by atoms with Crippen LogP contribution >= 0.6 is 0 Å². The number of hydrogen-bond acceptors (Lipinski definition) is 4. The first-order valence-electron chi connectivity index (χ1n) is 6.04. The van der Waals surface area contributed by atoms with Gasteiger partial charge in [0.1, 0.15) is 0 Å². The molecule has 1 rings (SSSR count). The molecular weight excluding hydrogens is 298 g/mol. The van der Waals surface area contributed by atoms with Crippen LogP contribution in [0.2, 0.25) is 0 Å². The standard InChI is InChI=1S/C13H15NO6S/c15-12(16)2-1-9-14-21(19,20)11-6-3-10(4-7-11)5-8-13(17)18/h3-8,14H,1-2,9H2,(H,15,16)(H,17,18)/b8-5-. The summed E-state index contributed by atoms with van der Waals surface area (Å²) in [6.07, 6.45) is 2.39. The number of aliphatic carboxylic acids is 2. The second kappa shape index (κ2) is 7.55. The van der Waals surface area contributed by atoms with E-state index in [0.29, 0.717) is 5.56 Å². The fourth-order valence-corrected chi connectivity index (χ4v) is 2.53. The molecule has 0 spiro atoms. The van der Waals surface area contributed by atoms with Crippen molar-refractivity contribution in [3.8, 4) is 0 Å². The minimum Gasteiger partial charge on any atom is -0.481 e. The number of hydrogen-bond donors (Lipinski definition) is 3. The van der Waals surface area contributed by atoms with E-state index in [2.05, 4.69) is 4.72 Å². The van der Waals surface area contributed by atoms with E-state index in [4.69, 9.17) is 10.2 Å². The summed E-state index contributed by atoms with van der Waals surface area (Å²) in [6.45, 7) is 0.0370. The van der Waals surface area contributed by atoms with Gasteiger partial charge in [-0.05, 0) is 30.2 Å². The fraction of sp³-hybridized carbons (Fsp3) is 0.231. The van der Waals surface area contributed by atoms with Crippen molar-refractivity contribution in [3.63, 3.8) is 0 Å². The lowest BCUT2D eigenvalue weighted by atomic mass is 10.2. The smallest absolute Gasteiger partial charge is 0.328 e. The van der Waals surface area contributed by atoms with Crippen LogP contribution in [0, 0.1) is 0 Å². The molecule has 0 aliphatic carbocycles. The van der Waals surface area contributed by atoms with E-state index in [-0.39, 0.29) is 24.3 Å². The molecule has 0 bridgehead atoms. The van der Waals surface area contributed by atoms with Gasteiger partial charge in [-0.2, -0.15) is 0 Å². The first-order chi connectivity index (χ1) is 9.81. The number of carboxylic acids is 2. The predicted octanol–water partition coefficient (Wildman–Crippen LogP) is 0.928. The van der Waals surface area contributed by atoms with Crippen LogP contribution in [0.1, 0.15) is 18.4 Å². The van der Waals surface area contributed by atoms with Crippen molar-refractivity contribution in [2.75, 3.05) is 6.54 Å². The van der Waals surface area contributed by atoms with E-state index in [1.165, 1.54) is 30.3 Å². The number of carbonyl (C=O) groups is 2. The summed E-state index contributed by atoms with van der Waals surface area (Å²) in [4.78, 5) is 20.7. The van der Waals surface area contributed by atoms with Gasteiger partial charge in [-0.15, -0.1) is 0 Å². The highest BCUT2D eigenvalue weighted by Crippen LogP contribution is 2.11. The Morgan fingerprint density at radius 1 is 1.14 bits per heavy atom. The molecule has 8 heteroatoms. The molecule has 3 N–H and O–H groups in total. The predicted molar refractivity (Wildman–Crippen MR) is 75.2 cm³/mol. The molecule has 7 nitrogen and oxygen atoms in total. The van der Waals surface area contributed by atoms with Gasteiger partial charge in [-0.1, -0.05) is 12.1 Å². The van der Waals surface area contributed by atoms with E-state index in [1.54, 1.807) is 0 Å². The highest BCUT2D eigenvalue weighted by atomic mass is 32.2. The molecule has 0 aromatic heterocycles. The molecule has 0 aliphatic heterocycles. The maximum atomic E-state index is 11.9. The lowest BCUT2D eigenvalue weighted by Crippen LogP contribution is -2.25. The van der Waals surface area contributed by atoms with Crippen molar-refractivity contribution in [1.82, 2.24) is 4.72 Å². The number of rotatable bonds is 8. The van der Waals surface area contributed by atoms with E-state index in [0.717, 1.165) is 6.08 Å². The first-order valence-corrected chi connectivity index (χ1v) is 7.52. The average molecular weight is 313 g/mol. The molecule has 21 heavy (non-hydrogen) atoms. The number of nitrogens with one attached hydrogen (secondary N) is 1.